The molecular formula is C17H19N5O2S. The Balaban J connectivity index is 1.68. The van der Waals surface area contributed by atoms with Crippen molar-refractivity contribution in [3.05, 3.63) is 65.7 Å². The summed E-state index contributed by atoms with van der Waals surface area (Å²) in [6.07, 6.45) is 1.74. The van der Waals surface area contributed by atoms with Crippen molar-refractivity contribution in [3.8, 4) is 0 Å². The molecule has 0 aliphatic carbocycles. The molecule has 0 radical (unpaired) electrons. The molecule has 0 amide bonds. The summed E-state index contributed by atoms with van der Waals surface area (Å²) in [5, 5.41) is 9.86. The average molecular weight is 357 g/mol. The van der Waals surface area contributed by atoms with Gasteiger partial charge in [-0.3, -0.25) is 14.8 Å². The van der Waals surface area contributed by atoms with Gasteiger partial charge in [0.25, 0.3) is 10.0 Å². The van der Waals surface area contributed by atoms with Crippen molar-refractivity contribution in [2.45, 2.75) is 25.3 Å². The van der Waals surface area contributed by atoms with Crippen molar-refractivity contribution < 1.29 is 8.42 Å². The van der Waals surface area contributed by atoms with Crippen molar-refractivity contribution in [2.75, 3.05) is 10.0 Å². The molecule has 3 N–H and O–H groups in total. The van der Waals surface area contributed by atoms with Crippen LogP contribution < -0.4 is 10.0 Å². The van der Waals surface area contributed by atoms with Gasteiger partial charge in [-0.2, -0.15) is 5.10 Å². The van der Waals surface area contributed by atoms with Crippen molar-refractivity contribution in [2.24, 2.45) is 0 Å². The first kappa shape index (κ1) is 17.0. The Morgan fingerprint density at radius 2 is 1.76 bits per heavy atom. The topological polar surface area (TPSA) is 99.8 Å². The van der Waals surface area contributed by atoms with Crippen molar-refractivity contribution in [3.63, 3.8) is 0 Å². The second kappa shape index (κ2) is 6.94. The SMILES string of the molecule is Cc1n[nH]c(C)c1S(=O)(=O)Nc1ccc(NCc2ccccn2)cc1. The Labute approximate surface area is 146 Å². The number of hydrogen-bond donors (Lipinski definition) is 3. The first-order chi connectivity index (χ1) is 12.0. The van der Waals surface area contributed by atoms with Gasteiger partial charge in [0, 0.05) is 17.6 Å². The van der Waals surface area contributed by atoms with E-state index in [9.17, 15) is 8.42 Å². The zero-order chi connectivity index (χ0) is 17.9. The number of benzene rings is 1. The van der Waals surface area contributed by atoms with E-state index in [1.807, 2.05) is 30.3 Å². The number of pyridine rings is 1. The number of H-pyrrole nitrogens is 1. The normalized spacial score (nSPS) is 11.3. The third kappa shape index (κ3) is 3.97. The highest BCUT2D eigenvalue weighted by Crippen LogP contribution is 2.22. The summed E-state index contributed by atoms with van der Waals surface area (Å²) >= 11 is 0. The summed E-state index contributed by atoms with van der Waals surface area (Å²) in [7, 11) is -3.67. The lowest BCUT2D eigenvalue weighted by molar-refractivity contribution is 0.600. The molecular weight excluding hydrogens is 338 g/mol. The molecule has 8 heteroatoms. The third-order valence-electron chi connectivity index (χ3n) is 3.67. The number of nitrogens with zero attached hydrogens (tertiary/aromatic N) is 2. The Bertz CT molecular complexity index is 931. The second-order valence-corrected chi connectivity index (χ2v) is 7.24. The van der Waals surface area contributed by atoms with Crippen LogP contribution in [-0.2, 0) is 16.6 Å². The fourth-order valence-corrected chi connectivity index (χ4v) is 3.93. The number of aromatic amines is 1. The van der Waals surface area contributed by atoms with Crippen LogP contribution in [0.15, 0.2) is 53.6 Å². The molecule has 0 aliphatic rings. The quantitative estimate of drug-likeness (QED) is 0.630. The van der Waals surface area contributed by atoms with E-state index in [-0.39, 0.29) is 4.90 Å². The molecule has 0 fully saturated rings. The van der Waals surface area contributed by atoms with Crippen LogP contribution in [0, 0.1) is 13.8 Å². The summed E-state index contributed by atoms with van der Waals surface area (Å²) < 4.78 is 27.6. The minimum absolute atomic E-state index is 0.185. The van der Waals surface area contributed by atoms with Gasteiger partial charge in [0.2, 0.25) is 0 Å². The van der Waals surface area contributed by atoms with Gasteiger partial charge in [0.05, 0.1) is 23.6 Å². The van der Waals surface area contributed by atoms with Crippen LogP contribution in [-0.4, -0.2) is 23.6 Å². The fourth-order valence-electron chi connectivity index (χ4n) is 2.49. The maximum Gasteiger partial charge on any atom is 0.265 e. The van der Waals surface area contributed by atoms with E-state index in [1.54, 1.807) is 32.2 Å². The zero-order valence-electron chi connectivity index (χ0n) is 13.9. The Morgan fingerprint density at radius 1 is 1.04 bits per heavy atom. The van der Waals surface area contributed by atoms with Crippen LogP contribution in [0.4, 0.5) is 11.4 Å². The first-order valence-electron chi connectivity index (χ1n) is 7.74. The molecule has 0 bridgehead atoms. The molecule has 1 aromatic carbocycles. The molecule has 2 heterocycles. The molecule has 0 saturated carbocycles. The molecule has 0 unspecified atom stereocenters. The van der Waals surface area contributed by atoms with E-state index in [0.717, 1.165) is 11.4 Å². The predicted octanol–water partition coefficient (Wildman–Crippen LogP) is 2.83. The minimum Gasteiger partial charge on any atom is -0.379 e. The predicted molar refractivity (Wildman–Crippen MR) is 96.9 cm³/mol. The Hall–Kier alpha value is -2.87. The highest BCUT2D eigenvalue weighted by atomic mass is 32.2. The lowest BCUT2D eigenvalue weighted by Crippen LogP contribution is -2.14. The molecule has 25 heavy (non-hydrogen) atoms. The summed E-state index contributed by atoms with van der Waals surface area (Å²) in [5.41, 5.74) is 3.25. The maximum absolute atomic E-state index is 12.5. The zero-order valence-corrected chi connectivity index (χ0v) is 14.8. The van der Waals surface area contributed by atoms with Crippen LogP contribution in [0.1, 0.15) is 17.1 Å². The third-order valence-corrected chi connectivity index (χ3v) is 5.31. The molecule has 0 spiro atoms. The van der Waals surface area contributed by atoms with Crippen LogP contribution in [0.2, 0.25) is 0 Å². The number of aryl methyl sites for hydroxylation is 2. The largest absolute Gasteiger partial charge is 0.379 e. The summed E-state index contributed by atoms with van der Waals surface area (Å²) in [6, 6.07) is 12.8. The fraction of sp³-hybridized carbons (Fsp3) is 0.176. The molecule has 3 rings (SSSR count). The number of hydrogen-bond acceptors (Lipinski definition) is 5. The highest BCUT2D eigenvalue weighted by Gasteiger charge is 2.22. The van der Waals surface area contributed by atoms with Crippen LogP contribution in [0.3, 0.4) is 0 Å². The lowest BCUT2D eigenvalue weighted by Gasteiger charge is -2.10. The molecule has 130 valence electrons. The van der Waals surface area contributed by atoms with Crippen molar-refractivity contribution in [1.29, 1.82) is 0 Å². The number of nitrogens with one attached hydrogen (secondary N) is 3. The van der Waals surface area contributed by atoms with Gasteiger partial charge in [0.1, 0.15) is 4.90 Å². The number of sulfonamides is 1. The molecule has 2 aromatic heterocycles. The molecule has 0 aliphatic heterocycles. The number of aromatic nitrogens is 3. The van der Waals surface area contributed by atoms with Crippen molar-refractivity contribution >= 4 is 21.4 Å². The van der Waals surface area contributed by atoms with Crippen LogP contribution in [0.25, 0.3) is 0 Å². The standard InChI is InChI=1S/C17H19N5O2S/c1-12-17(13(2)21-20-12)25(23,24)22-15-8-6-14(7-9-15)19-11-16-5-3-4-10-18-16/h3-10,19,22H,11H2,1-2H3,(H,20,21). The smallest absolute Gasteiger partial charge is 0.265 e. The molecule has 3 aromatic rings. The number of anilines is 2. The summed E-state index contributed by atoms with van der Waals surface area (Å²) in [4.78, 5) is 4.43. The molecule has 0 saturated heterocycles. The van der Waals surface area contributed by atoms with Gasteiger partial charge < -0.3 is 5.32 Å². The lowest BCUT2D eigenvalue weighted by atomic mass is 10.3. The van der Waals surface area contributed by atoms with E-state index in [4.69, 9.17) is 0 Å². The van der Waals surface area contributed by atoms with Gasteiger partial charge in [-0.1, -0.05) is 6.07 Å². The minimum atomic E-state index is -3.67. The van der Waals surface area contributed by atoms with E-state index in [0.29, 0.717) is 23.6 Å². The van der Waals surface area contributed by atoms with Gasteiger partial charge in [-0.15, -0.1) is 0 Å². The molecule has 0 atom stereocenters. The Morgan fingerprint density at radius 3 is 2.36 bits per heavy atom. The Kier molecular flexibility index (Phi) is 4.71. The molecule has 7 nitrogen and oxygen atoms in total. The van der Waals surface area contributed by atoms with E-state index in [2.05, 4.69) is 25.2 Å². The second-order valence-electron chi connectivity index (χ2n) is 5.62. The van der Waals surface area contributed by atoms with E-state index in [1.165, 1.54) is 0 Å². The van der Waals surface area contributed by atoms with Gasteiger partial charge in [0.15, 0.2) is 0 Å². The van der Waals surface area contributed by atoms with Gasteiger partial charge in [-0.05, 0) is 50.2 Å². The van der Waals surface area contributed by atoms with E-state index >= 15 is 0 Å². The highest BCUT2D eigenvalue weighted by molar-refractivity contribution is 7.92. The maximum atomic E-state index is 12.5. The van der Waals surface area contributed by atoms with E-state index < -0.39 is 10.0 Å². The summed E-state index contributed by atoms with van der Waals surface area (Å²) in [5.74, 6) is 0. The van der Waals surface area contributed by atoms with Crippen LogP contribution >= 0.6 is 0 Å². The van der Waals surface area contributed by atoms with Gasteiger partial charge >= 0.3 is 0 Å². The number of rotatable bonds is 6. The van der Waals surface area contributed by atoms with Crippen LogP contribution in [0.5, 0.6) is 0 Å². The average Bonchev–Trinajstić information content (AvgIpc) is 2.94. The van der Waals surface area contributed by atoms with Crippen molar-refractivity contribution in [1.82, 2.24) is 15.2 Å². The summed E-state index contributed by atoms with van der Waals surface area (Å²) in [6.45, 7) is 3.93. The van der Waals surface area contributed by atoms with Gasteiger partial charge in [-0.25, -0.2) is 8.42 Å². The monoisotopic (exact) mass is 357 g/mol. The first-order valence-corrected chi connectivity index (χ1v) is 9.22.